The zero-order chi connectivity index (χ0) is 15.9. The van der Waals surface area contributed by atoms with Crippen LogP contribution in [0.2, 0.25) is 0 Å². The van der Waals surface area contributed by atoms with Crippen molar-refractivity contribution in [1.29, 1.82) is 0 Å². The van der Waals surface area contributed by atoms with Gasteiger partial charge >= 0.3 is 0 Å². The lowest BCUT2D eigenvalue weighted by Crippen LogP contribution is -2.36. The molecule has 0 spiro atoms. The van der Waals surface area contributed by atoms with Crippen LogP contribution < -0.4 is 10.6 Å². The molecule has 0 atom stereocenters. The van der Waals surface area contributed by atoms with Gasteiger partial charge in [-0.3, -0.25) is 9.59 Å². The average Bonchev–Trinajstić information content (AvgIpc) is 2.92. The lowest BCUT2D eigenvalue weighted by atomic mass is 10.2. The molecule has 0 bridgehead atoms. The largest absolute Gasteiger partial charge is 0.354 e. The Bertz CT molecular complexity index is 646. The van der Waals surface area contributed by atoms with Crippen LogP contribution in [-0.4, -0.2) is 29.5 Å². The summed E-state index contributed by atoms with van der Waals surface area (Å²) in [6, 6.07) is 10.2. The van der Waals surface area contributed by atoms with E-state index in [-0.39, 0.29) is 17.7 Å². The third-order valence-electron chi connectivity index (χ3n) is 3.53. The van der Waals surface area contributed by atoms with Crippen molar-refractivity contribution in [3.63, 3.8) is 0 Å². The first kappa shape index (κ1) is 16.1. The Labute approximate surface area is 130 Å². The predicted molar refractivity (Wildman–Crippen MR) is 87.4 cm³/mol. The van der Waals surface area contributed by atoms with Crippen molar-refractivity contribution >= 4 is 22.7 Å². The molecule has 2 N–H and O–H groups in total. The summed E-state index contributed by atoms with van der Waals surface area (Å²) in [6.45, 7) is 5.27. The second-order valence-electron chi connectivity index (χ2n) is 5.61. The Morgan fingerprint density at radius 1 is 1.09 bits per heavy atom. The molecule has 0 fully saturated rings. The van der Waals surface area contributed by atoms with E-state index in [0.717, 1.165) is 5.52 Å². The van der Waals surface area contributed by atoms with Crippen LogP contribution >= 0.6 is 0 Å². The maximum absolute atomic E-state index is 11.8. The average molecular weight is 301 g/mol. The lowest BCUT2D eigenvalue weighted by Gasteiger charge is -2.09. The zero-order valence-corrected chi connectivity index (χ0v) is 13.1. The number of hydrogen-bond donors (Lipinski definition) is 2. The number of rotatable bonds is 7. The third-order valence-corrected chi connectivity index (χ3v) is 3.53. The summed E-state index contributed by atoms with van der Waals surface area (Å²) in [7, 11) is 0. The summed E-state index contributed by atoms with van der Waals surface area (Å²) in [4.78, 5) is 23.2. The number of nitrogens with zero attached hydrogens (tertiary/aromatic N) is 1. The molecule has 0 radical (unpaired) electrons. The highest BCUT2D eigenvalue weighted by Gasteiger charge is 2.06. The van der Waals surface area contributed by atoms with Crippen molar-refractivity contribution in [2.45, 2.75) is 26.8 Å². The minimum Gasteiger partial charge on any atom is -0.354 e. The van der Waals surface area contributed by atoms with E-state index in [2.05, 4.69) is 33.4 Å². The molecule has 1 aromatic carbocycles. The SMILES string of the molecule is CC(C)C(=O)NCCNC(=O)CCn1ccc2ccccc21. The number of fused-ring (bicyclic) bond motifs is 1. The van der Waals surface area contributed by atoms with Crippen LogP contribution in [0.5, 0.6) is 0 Å². The standard InChI is InChI=1S/C17H23N3O2/c1-13(2)17(22)19-10-9-18-16(21)8-12-20-11-7-14-5-3-4-6-15(14)20/h3-7,11,13H,8-10,12H2,1-2H3,(H,18,21)(H,19,22). The minimum atomic E-state index is -0.0299. The van der Waals surface area contributed by atoms with Gasteiger partial charge in [0.25, 0.3) is 0 Å². The van der Waals surface area contributed by atoms with E-state index in [1.807, 2.05) is 32.2 Å². The Hall–Kier alpha value is -2.30. The highest BCUT2D eigenvalue weighted by Crippen LogP contribution is 2.15. The summed E-state index contributed by atoms with van der Waals surface area (Å²) < 4.78 is 2.08. The number of nitrogens with one attached hydrogen (secondary N) is 2. The Balaban J connectivity index is 1.71. The molecule has 5 nitrogen and oxygen atoms in total. The van der Waals surface area contributed by atoms with Gasteiger partial charge in [0, 0.05) is 43.7 Å². The molecular weight excluding hydrogens is 278 g/mol. The normalized spacial score (nSPS) is 10.9. The van der Waals surface area contributed by atoms with Gasteiger partial charge in [-0.1, -0.05) is 32.0 Å². The van der Waals surface area contributed by atoms with Gasteiger partial charge in [0.15, 0.2) is 0 Å². The Morgan fingerprint density at radius 2 is 1.82 bits per heavy atom. The first-order chi connectivity index (χ1) is 10.6. The van der Waals surface area contributed by atoms with Crippen LogP contribution in [0.15, 0.2) is 36.5 Å². The quantitative estimate of drug-likeness (QED) is 0.768. The summed E-state index contributed by atoms with van der Waals surface area (Å²) >= 11 is 0. The number of hydrogen-bond acceptors (Lipinski definition) is 2. The summed E-state index contributed by atoms with van der Waals surface area (Å²) in [6.07, 6.45) is 2.43. The van der Waals surface area contributed by atoms with E-state index in [1.165, 1.54) is 5.39 Å². The number of aromatic nitrogens is 1. The highest BCUT2D eigenvalue weighted by atomic mass is 16.2. The number of para-hydroxylation sites is 1. The fourth-order valence-corrected chi connectivity index (χ4v) is 2.24. The second kappa shape index (κ2) is 7.64. The lowest BCUT2D eigenvalue weighted by molar-refractivity contribution is -0.124. The third kappa shape index (κ3) is 4.35. The molecule has 22 heavy (non-hydrogen) atoms. The van der Waals surface area contributed by atoms with E-state index in [0.29, 0.717) is 26.1 Å². The fourth-order valence-electron chi connectivity index (χ4n) is 2.24. The minimum absolute atomic E-state index is 0.00317. The number of carbonyl (C=O) groups excluding carboxylic acids is 2. The van der Waals surface area contributed by atoms with Gasteiger partial charge in [0.05, 0.1) is 0 Å². The van der Waals surface area contributed by atoms with Crippen molar-refractivity contribution in [2.75, 3.05) is 13.1 Å². The maximum atomic E-state index is 11.8. The fraction of sp³-hybridized carbons (Fsp3) is 0.412. The van der Waals surface area contributed by atoms with Gasteiger partial charge < -0.3 is 15.2 Å². The van der Waals surface area contributed by atoms with Gasteiger partial charge in [0.1, 0.15) is 0 Å². The van der Waals surface area contributed by atoms with Gasteiger partial charge in [-0.2, -0.15) is 0 Å². The van der Waals surface area contributed by atoms with Gasteiger partial charge in [-0.05, 0) is 17.5 Å². The van der Waals surface area contributed by atoms with Gasteiger partial charge in [-0.25, -0.2) is 0 Å². The van der Waals surface area contributed by atoms with E-state index in [1.54, 1.807) is 0 Å². The van der Waals surface area contributed by atoms with Crippen molar-refractivity contribution in [1.82, 2.24) is 15.2 Å². The molecule has 0 aliphatic carbocycles. The van der Waals surface area contributed by atoms with Crippen LogP contribution in [0.3, 0.4) is 0 Å². The van der Waals surface area contributed by atoms with Gasteiger partial charge in [-0.15, -0.1) is 0 Å². The zero-order valence-electron chi connectivity index (χ0n) is 13.1. The van der Waals surface area contributed by atoms with Crippen LogP contribution in [-0.2, 0) is 16.1 Å². The maximum Gasteiger partial charge on any atom is 0.222 e. The van der Waals surface area contributed by atoms with Crippen LogP contribution in [0, 0.1) is 5.92 Å². The van der Waals surface area contributed by atoms with Crippen molar-refractivity contribution in [3.05, 3.63) is 36.5 Å². The van der Waals surface area contributed by atoms with E-state index < -0.39 is 0 Å². The molecule has 0 saturated carbocycles. The van der Waals surface area contributed by atoms with Crippen molar-refractivity contribution in [3.8, 4) is 0 Å². The molecule has 2 aromatic rings. The molecule has 0 aliphatic heterocycles. The molecule has 1 heterocycles. The molecular formula is C17H23N3O2. The molecule has 0 unspecified atom stereocenters. The molecule has 2 amide bonds. The smallest absolute Gasteiger partial charge is 0.222 e. The number of benzene rings is 1. The summed E-state index contributed by atoms with van der Waals surface area (Å²) in [5.41, 5.74) is 1.14. The second-order valence-corrected chi connectivity index (χ2v) is 5.61. The number of aryl methyl sites for hydroxylation is 1. The molecule has 1 aromatic heterocycles. The van der Waals surface area contributed by atoms with E-state index in [9.17, 15) is 9.59 Å². The molecule has 5 heteroatoms. The Kier molecular flexibility index (Phi) is 5.58. The summed E-state index contributed by atoms with van der Waals surface area (Å²) in [5, 5.41) is 6.77. The predicted octanol–water partition coefficient (Wildman–Crippen LogP) is 1.92. The molecule has 0 saturated heterocycles. The highest BCUT2D eigenvalue weighted by molar-refractivity contribution is 5.80. The topological polar surface area (TPSA) is 63.1 Å². The summed E-state index contributed by atoms with van der Waals surface area (Å²) in [5.74, 6) is -0.0256. The van der Waals surface area contributed by atoms with Crippen LogP contribution in [0.4, 0.5) is 0 Å². The van der Waals surface area contributed by atoms with E-state index in [4.69, 9.17) is 0 Å². The van der Waals surface area contributed by atoms with Crippen molar-refractivity contribution in [2.24, 2.45) is 5.92 Å². The van der Waals surface area contributed by atoms with E-state index >= 15 is 0 Å². The first-order valence-electron chi connectivity index (χ1n) is 7.66. The monoisotopic (exact) mass is 301 g/mol. The first-order valence-corrected chi connectivity index (χ1v) is 7.66. The molecule has 2 rings (SSSR count). The van der Waals surface area contributed by atoms with Crippen LogP contribution in [0.25, 0.3) is 10.9 Å². The number of carbonyl (C=O) groups is 2. The molecule has 0 aliphatic rings. The molecule has 118 valence electrons. The van der Waals surface area contributed by atoms with Gasteiger partial charge in [0.2, 0.25) is 11.8 Å². The van der Waals surface area contributed by atoms with Crippen LogP contribution in [0.1, 0.15) is 20.3 Å². The Morgan fingerprint density at radius 3 is 2.59 bits per heavy atom. The number of amides is 2. The van der Waals surface area contributed by atoms with Crippen molar-refractivity contribution < 1.29 is 9.59 Å².